The molecule has 9 heteroatoms. The minimum absolute atomic E-state index is 0.218. The molecule has 0 unspecified atom stereocenters. The van der Waals surface area contributed by atoms with Crippen LogP contribution in [0.15, 0.2) is 66.7 Å². The van der Waals surface area contributed by atoms with Crippen LogP contribution in [0.25, 0.3) is 0 Å². The lowest BCUT2D eigenvalue weighted by molar-refractivity contribution is 0.0526. The topological polar surface area (TPSA) is 100 Å². The van der Waals surface area contributed by atoms with Gasteiger partial charge in [0.2, 0.25) is 0 Å². The van der Waals surface area contributed by atoms with E-state index in [1.807, 2.05) is 12.1 Å². The average molecular weight is 531 g/mol. The largest absolute Gasteiger partial charge is 0.497 e. The molecule has 1 aliphatic heterocycles. The summed E-state index contributed by atoms with van der Waals surface area (Å²) < 4.78 is 10.3. The fraction of sp³-hybridized carbons (Fsp3) is 0.300. The molecule has 1 heterocycles. The highest BCUT2D eigenvalue weighted by molar-refractivity contribution is 6.10. The SMILES string of the molecule is CCOC(=O)c1ccc(NC(=O)c2ccc(OC)cc2)c(NC(=O)c2ccc(N3CCCN(C)CC3)cc2)c1. The molecule has 39 heavy (non-hydrogen) atoms. The lowest BCUT2D eigenvalue weighted by Gasteiger charge is -2.23. The molecule has 0 radical (unpaired) electrons. The van der Waals surface area contributed by atoms with Gasteiger partial charge in [0.1, 0.15) is 5.75 Å². The van der Waals surface area contributed by atoms with Crippen molar-refractivity contribution in [2.24, 2.45) is 0 Å². The van der Waals surface area contributed by atoms with E-state index < -0.39 is 5.97 Å². The van der Waals surface area contributed by atoms with Crippen LogP contribution < -0.4 is 20.3 Å². The van der Waals surface area contributed by atoms with Gasteiger partial charge in [-0.25, -0.2) is 4.79 Å². The molecule has 1 saturated heterocycles. The molecular weight excluding hydrogens is 496 g/mol. The first-order valence-electron chi connectivity index (χ1n) is 13.0. The molecule has 9 nitrogen and oxygen atoms in total. The molecule has 0 atom stereocenters. The van der Waals surface area contributed by atoms with Gasteiger partial charge in [-0.1, -0.05) is 0 Å². The van der Waals surface area contributed by atoms with E-state index in [0.717, 1.165) is 38.3 Å². The van der Waals surface area contributed by atoms with Crippen molar-refractivity contribution in [1.82, 2.24) is 4.90 Å². The molecule has 1 fully saturated rings. The van der Waals surface area contributed by atoms with E-state index in [1.54, 1.807) is 62.6 Å². The third kappa shape index (κ3) is 7.14. The quantitative estimate of drug-likeness (QED) is 0.413. The molecule has 0 aromatic heterocycles. The molecule has 0 spiro atoms. The number of amides is 2. The lowest BCUT2D eigenvalue weighted by atomic mass is 10.1. The molecule has 204 valence electrons. The number of nitrogens with zero attached hydrogens (tertiary/aromatic N) is 2. The number of nitrogens with one attached hydrogen (secondary N) is 2. The normalized spacial score (nSPS) is 13.8. The van der Waals surface area contributed by atoms with Crippen LogP contribution in [-0.2, 0) is 4.74 Å². The first kappa shape index (κ1) is 27.7. The van der Waals surface area contributed by atoms with Crippen LogP contribution in [0.5, 0.6) is 5.75 Å². The van der Waals surface area contributed by atoms with Crippen molar-refractivity contribution in [3.63, 3.8) is 0 Å². The Balaban J connectivity index is 1.53. The second-order valence-corrected chi connectivity index (χ2v) is 9.31. The van der Waals surface area contributed by atoms with Crippen molar-refractivity contribution in [3.8, 4) is 5.75 Å². The van der Waals surface area contributed by atoms with Crippen LogP contribution in [-0.4, -0.2) is 69.6 Å². The Morgan fingerprint density at radius 1 is 0.769 bits per heavy atom. The third-order valence-corrected chi connectivity index (χ3v) is 6.59. The summed E-state index contributed by atoms with van der Waals surface area (Å²) in [5.74, 6) is -0.622. The predicted molar refractivity (Wildman–Crippen MR) is 152 cm³/mol. The summed E-state index contributed by atoms with van der Waals surface area (Å²) in [7, 11) is 3.68. The van der Waals surface area contributed by atoms with Gasteiger partial charge >= 0.3 is 5.97 Å². The highest BCUT2D eigenvalue weighted by atomic mass is 16.5. The summed E-state index contributed by atoms with van der Waals surface area (Å²) in [6.45, 7) is 5.89. The number of carbonyl (C=O) groups is 3. The van der Waals surface area contributed by atoms with Gasteiger partial charge < -0.3 is 29.9 Å². The summed E-state index contributed by atoms with van der Waals surface area (Å²) in [6, 6.07) is 18.7. The van der Waals surface area contributed by atoms with E-state index in [9.17, 15) is 14.4 Å². The molecule has 1 aliphatic rings. The highest BCUT2D eigenvalue weighted by Crippen LogP contribution is 2.26. The standard InChI is InChI=1S/C30H34N4O5/c1-4-39-30(37)23-10-15-26(31-28(35)22-8-13-25(38-3)14-9-22)27(20-23)32-29(36)21-6-11-24(12-7-21)34-17-5-16-33(2)18-19-34/h6-15,20H,4-5,16-19H2,1-3H3,(H,31,35)(H,32,36). The van der Waals surface area contributed by atoms with E-state index >= 15 is 0 Å². The van der Waals surface area contributed by atoms with E-state index in [0.29, 0.717) is 22.6 Å². The average Bonchev–Trinajstić information content (AvgIpc) is 3.18. The number of carbonyl (C=O) groups excluding carboxylic acids is 3. The van der Waals surface area contributed by atoms with E-state index in [1.165, 1.54) is 6.07 Å². The Hall–Kier alpha value is -4.37. The minimum atomic E-state index is -0.520. The van der Waals surface area contributed by atoms with Crippen LogP contribution >= 0.6 is 0 Å². The summed E-state index contributed by atoms with van der Waals surface area (Å²) >= 11 is 0. The number of benzene rings is 3. The molecule has 2 N–H and O–H groups in total. The maximum absolute atomic E-state index is 13.2. The van der Waals surface area contributed by atoms with Gasteiger partial charge in [0.05, 0.1) is 30.7 Å². The van der Waals surface area contributed by atoms with E-state index in [2.05, 4.69) is 27.5 Å². The zero-order valence-electron chi connectivity index (χ0n) is 22.5. The van der Waals surface area contributed by atoms with Crippen LogP contribution in [0.2, 0.25) is 0 Å². The van der Waals surface area contributed by atoms with Crippen molar-refractivity contribution in [2.75, 3.05) is 62.5 Å². The molecule has 3 aromatic rings. The number of rotatable bonds is 8. The van der Waals surface area contributed by atoms with Gasteiger partial charge in [-0.3, -0.25) is 9.59 Å². The van der Waals surface area contributed by atoms with Gasteiger partial charge in [-0.15, -0.1) is 0 Å². The molecule has 0 aliphatic carbocycles. The minimum Gasteiger partial charge on any atom is -0.497 e. The number of likely N-dealkylation sites (N-methyl/N-ethyl adjacent to an activating group) is 1. The summed E-state index contributed by atoms with van der Waals surface area (Å²) in [5.41, 5.74) is 2.83. The summed E-state index contributed by atoms with van der Waals surface area (Å²) in [6.07, 6.45) is 1.08. The van der Waals surface area contributed by atoms with Gasteiger partial charge in [-0.05, 0) is 93.7 Å². The highest BCUT2D eigenvalue weighted by Gasteiger charge is 2.17. The Bertz CT molecular complexity index is 1310. The number of hydrogen-bond donors (Lipinski definition) is 2. The second-order valence-electron chi connectivity index (χ2n) is 9.31. The zero-order valence-corrected chi connectivity index (χ0v) is 22.5. The van der Waals surface area contributed by atoms with Crippen LogP contribution in [0, 0.1) is 0 Å². The lowest BCUT2D eigenvalue weighted by Crippen LogP contribution is -2.28. The number of esters is 1. The summed E-state index contributed by atoms with van der Waals surface area (Å²) in [5, 5.41) is 5.68. The Morgan fingerprint density at radius 3 is 2.03 bits per heavy atom. The van der Waals surface area contributed by atoms with Crippen molar-refractivity contribution in [2.45, 2.75) is 13.3 Å². The van der Waals surface area contributed by atoms with Crippen molar-refractivity contribution in [3.05, 3.63) is 83.4 Å². The van der Waals surface area contributed by atoms with E-state index in [-0.39, 0.29) is 29.7 Å². The monoisotopic (exact) mass is 530 g/mol. The summed E-state index contributed by atoms with van der Waals surface area (Å²) in [4.78, 5) is 43.1. The first-order chi connectivity index (χ1) is 18.9. The zero-order chi connectivity index (χ0) is 27.8. The molecule has 3 aromatic carbocycles. The van der Waals surface area contributed by atoms with Crippen molar-refractivity contribution in [1.29, 1.82) is 0 Å². The number of methoxy groups -OCH3 is 1. The first-order valence-corrected chi connectivity index (χ1v) is 13.0. The maximum atomic E-state index is 13.2. The van der Waals surface area contributed by atoms with Crippen molar-refractivity contribution < 1.29 is 23.9 Å². The fourth-order valence-electron chi connectivity index (χ4n) is 4.36. The van der Waals surface area contributed by atoms with Crippen LogP contribution in [0.1, 0.15) is 44.4 Å². The predicted octanol–water partition coefficient (Wildman–Crippen LogP) is 4.52. The van der Waals surface area contributed by atoms with Gasteiger partial charge in [-0.2, -0.15) is 0 Å². The maximum Gasteiger partial charge on any atom is 0.338 e. The Labute approximate surface area is 228 Å². The van der Waals surface area contributed by atoms with E-state index in [4.69, 9.17) is 9.47 Å². The molecule has 0 bridgehead atoms. The van der Waals surface area contributed by atoms with Crippen LogP contribution in [0.4, 0.5) is 17.1 Å². The van der Waals surface area contributed by atoms with Gasteiger partial charge in [0, 0.05) is 36.4 Å². The van der Waals surface area contributed by atoms with Gasteiger partial charge in [0.25, 0.3) is 11.8 Å². The van der Waals surface area contributed by atoms with Gasteiger partial charge in [0.15, 0.2) is 0 Å². The smallest absolute Gasteiger partial charge is 0.338 e. The molecule has 2 amide bonds. The Morgan fingerprint density at radius 2 is 1.38 bits per heavy atom. The molecular formula is C30H34N4O5. The number of anilines is 3. The fourth-order valence-corrected chi connectivity index (χ4v) is 4.36. The number of ether oxygens (including phenoxy) is 2. The van der Waals surface area contributed by atoms with Crippen molar-refractivity contribution >= 4 is 34.8 Å². The number of hydrogen-bond acceptors (Lipinski definition) is 7. The Kier molecular flexibility index (Phi) is 9.17. The van der Waals surface area contributed by atoms with Crippen LogP contribution in [0.3, 0.4) is 0 Å². The molecule has 0 saturated carbocycles. The second kappa shape index (κ2) is 12.9. The third-order valence-electron chi connectivity index (χ3n) is 6.59. The molecule has 4 rings (SSSR count).